The molecule has 10 nitrogen and oxygen atoms in total. The average molecular weight is 479 g/mol. The van der Waals surface area contributed by atoms with Crippen LogP contribution in [0.2, 0.25) is 0 Å². The molecule has 0 bridgehead atoms. The first-order valence-corrected chi connectivity index (χ1v) is 12.2. The summed E-state index contributed by atoms with van der Waals surface area (Å²) in [7, 11) is 0. The maximum Gasteiger partial charge on any atom is 0.306 e. The predicted molar refractivity (Wildman–Crippen MR) is 127 cm³/mol. The number of aliphatic carboxylic acids is 1. The number of aromatic nitrogens is 5. The Morgan fingerprint density at radius 2 is 1.94 bits per heavy atom. The van der Waals surface area contributed by atoms with E-state index in [4.69, 9.17) is 14.2 Å². The predicted octanol–water partition coefficient (Wildman–Crippen LogP) is 4.44. The highest BCUT2D eigenvalue weighted by Crippen LogP contribution is 2.34. The molecule has 2 N–H and O–H groups in total. The summed E-state index contributed by atoms with van der Waals surface area (Å²) < 4.78 is 11.8. The van der Waals surface area contributed by atoms with Crippen LogP contribution in [0, 0.1) is 19.8 Å². The first kappa shape index (κ1) is 23.2. The standard InChI is InChI=1S/C25H30N6O4/c1-14-19(12-26-25-28-13-27-23(30-25)16-5-3-6-16)22(35-31-14)20-9-10-21(15(2)29-20)34-18-8-4-7-17(11-18)24(32)33/h9-10,13,16-18H,3-8,11-12H2,1-2H3,(H,32,33)(H,26,27,28,30)/t17-,18-/m0/s1. The summed E-state index contributed by atoms with van der Waals surface area (Å²) in [5.41, 5.74) is 3.02. The van der Waals surface area contributed by atoms with E-state index in [9.17, 15) is 9.90 Å². The van der Waals surface area contributed by atoms with Crippen LogP contribution in [0.5, 0.6) is 5.75 Å². The number of anilines is 1. The van der Waals surface area contributed by atoms with Crippen molar-refractivity contribution in [3.8, 4) is 17.2 Å². The fraction of sp³-hybridized carbons (Fsp3) is 0.520. The largest absolute Gasteiger partial charge is 0.489 e. The summed E-state index contributed by atoms with van der Waals surface area (Å²) in [4.78, 5) is 29.2. The van der Waals surface area contributed by atoms with Gasteiger partial charge in [0.1, 0.15) is 23.6 Å². The van der Waals surface area contributed by atoms with Gasteiger partial charge in [0.05, 0.1) is 23.4 Å². The first-order chi connectivity index (χ1) is 17.0. The van der Waals surface area contributed by atoms with Gasteiger partial charge in [0, 0.05) is 18.0 Å². The zero-order valence-electron chi connectivity index (χ0n) is 20.0. The SMILES string of the molecule is Cc1nc(-c2onc(C)c2CNc2ncnc(C3CCC3)n2)ccc1O[C@H]1CCC[C@H](C(=O)O)C1. The number of hydrogen-bond donors (Lipinski definition) is 2. The Morgan fingerprint density at radius 1 is 1.11 bits per heavy atom. The van der Waals surface area contributed by atoms with Crippen LogP contribution in [0.3, 0.4) is 0 Å². The molecule has 184 valence electrons. The lowest BCUT2D eigenvalue weighted by Gasteiger charge is -2.27. The molecule has 35 heavy (non-hydrogen) atoms. The Labute approximate surface area is 203 Å². The van der Waals surface area contributed by atoms with Gasteiger partial charge in [-0.15, -0.1) is 0 Å². The molecule has 2 atom stereocenters. The van der Waals surface area contributed by atoms with Crippen molar-refractivity contribution in [1.82, 2.24) is 25.1 Å². The molecule has 0 amide bonds. The summed E-state index contributed by atoms with van der Waals surface area (Å²) in [5, 5.41) is 16.8. The molecule has 0 spiro atoms. The maximum atomic E-state index is 11.4. The summed E-state index contributed by atoms with van der Waals surface area (Å²) in [6.45, 7) is 4.21. The zero-order chi connectivity index (χ0) is 24.4. The van der Waals surface area contributed by atoms with E-state index < -0.39 is 5.97 Å². The van der Waals surface area contributed by atoms with Crippen molar-refractivity contribution in [2.75, 3.05) is 5.32 Å². The normalized spacial score (nSPS) is 20.3. The summed E-state index contributed by atoms with van der Waals surface area (Å²) >= 11 is 0. The molecule has 2 fully saturated rings. The number of pyridine rings is 1. The topological polar surface area (TPSA) is 136 Å². The minimum atomic E-state index is -0.748. The molecule has 0 radical (unpaired) electrons. The molecule has 0 saturated heterocycles. The van der Waals surface area contributed by atoms with Gasteiger partial charge in [-0.05, 0) is 64.5 Å². The molecular weight excluding hydrogens is 448 g/mol. The molecule has 0 unspecified atom stereocenters. The van der Waals surface area contributed by atoms with Crippen molar-refractivity contribution in [2.45, 2.75) is 77.4 Å². The van der Waals surface area contributed by atoms with Gasteiger partial charge in [-0.25, -0.2) is 15.0 Å². The van der Waals surface area contributed by atoms with Gasteiger partial charge >= 0.3 is 5.97 Å². The highest BCUT2D eigenvalue weighted by molar-refractivity contribution is 5.70. The quantitative estimate of drug-likeness (QED) is 0.478. The van der Waals surface area contributed by atoms with Crippen molar-refractivity contribution >= 4 is 11.9 Å². The monoisotopic (exact) mass is 478 g/mol. The van der Waals surface area contributed by atoms with E-state index in [1.807, 2.05) is 26.0 Å². The van der Waals surface area contributed by atoms with Gasteiger partial charge in [0.2, 0.25) is 5.95 Å². The average Bonchev–Trinajstić information content (AvgIpc) is 3.18. The second kappa shape index (κ2) is 9.97. The fourth-order valence-electron chi connectivity index (χ4n) is 4.68. The third-order valence-electron chi connectivity index (χ3n) is 7.01. The molecule has 3 aromatic heterocycles. The van der Waals surface area contributed by atoms with Crippen molar-refractivity contribution < 1.29 is 19.2 Å². The third-order valence-corrected chi connectivity index (χ3v) is 7.01. The number of nitrogens with one attached hydrogen (secondary N) is 1. The molecule has 3 heterocycles. The van der Waals surface area contributed by atoms with E-state index in [2.05, 4.69) is 25.4 Å². The van der Waals surface area contributed by atoms with E-state index in [-0.39, 0.29) is 12.0 Å². The molecule has 2 aliphatic rings. The second-order valence-electron chi connectivity index (χ2n) is 9.45. The zero-order valence-corrected chi connectivity index (χ0v) is 20.0. The van der Waals surface area contributed by atoms with Crippen LogP contribution < -0.4 is 10.1 Å². The van der Waals surface area contributed by atoms with Crippen molar-refractivity contribution in [1.29, 1.82) is 0 Å². The van der Waals surface area contributed by atoms with Crippen molar-refractivity contribution in [3.05, 3.63) is 41.2 Å². The van der Waals surface area contributed by atoms with E-state index >= 15 is 0 Å². The highest BCUT2D eigenvalue weighted by atomic mass is 16.5. The third kappa shape index (κ3) is 5.11. The minimum Gasteiger partial charge on any atom is -0.489 e. The lowest BCUT2D eigenvalue weighted by atomic mass is 9.85. The maximum absolute atomic E-state index is 11.4. The van der Waals surface area contributed by atoms with E-state index in [0.717, 1.165) is 48.5 Å². The lowest BCUT2D eigenvalue weighted by Crippen LogP contribution is -2.29. The number of carbonyl (C=O) groups is 1. The summed E-state index contributed by atoms with van der Waals surface area (Å²) in [6, 6.07) is 3.72. The van der Waals surface area contributed by atoms with Crippen molar-refractivity contribution in [3.63, 3.8) is 0 Å². The Morgan fingerprint density at radius 3 is 2.69 bits per heavy atom. The lowest BCUT2D eigenvalue weighted by molar-refractivity contribution is -0.143. The van der Waals surface area contributed by atoms with Gasteiger partial charge in [-0.1, -0.05) is 11.6 Å². The van der Waals surface area contributed by atoms with Gasteiger partial charge in [0.15, 0.2) is 5.76 Å². The number of ether oxygens (including phenoxy) is 1. The number of aryl methyl sites for hydroxylation is 2. The van der Waals surface area contributed by atoms with Crippen LogP contribution in [0.25, 0.3) is 11.5 Å². The number of carboxylic acid groups (broad SMARTS) is 1. The minimum absolute atomic E-state index is 0.117. The smallest absolute Gasteiger partial charge is 0.306 e. The first-order valence-electron chi connectivity index (χ1n) is 12.2. The Balaban J connectivity index is 1.28. The highest BCUT2D eigenvalue weighted by Gasteiger charge is 2.29. The van der Waals surface area contributed by atoms with Gasteiger partial charge in [-0.3, -0.25) is 4.79 Å². The molecule has 2 aliphatic carbocycles. The Kier molecular flexibility index (Phi) is 6.61. The van der Waals surface area contributed by atoms with Crippen LogP contribution in [0.15, 0.2) is 23.0 Å². The van der Waals surface area contributed by atoms with Crippen LogP contribution in [0.1, 0.15) is 73.6 Å². The number of rotatable bonds is 8. The molecule has 0 aliphatic heterocycles. The second-order valence-corrected chi connectivity index (χ2v) is 9.45. The summed E-state index contributed by atoms with van der Waals surface area (Å²) in [5.74, 6) is 1.97. The summed E-state index contributed by atoms with van der Waals surface area (Å²) in [6.07, 6.45) is 7.85. The molecule has 10 heteroatoms. The van der Waals surface area contributed by atoms with E-state index in [0.29, 0.717) is 48.5 Å². The number of carboxylic acids is 1. The van der Waals surface area contributed by atoms with Gasteiger partial charge in [0.25, 0.3) is 0 Å². The van der Waals surface area contributed by atoms with Crippen molar-refractivity contribution in [2.24, 2.45) is 5.92 Å². The number of nitrogens with zero attached hydrogens (tertiary/aromatic N) is 5. The molecule has 3 aromatic rings. The fourth-order valence-corrected chi connectivity index (χ4v) is 4.68. The molecule has 0 aromatic carbocycles. The Bertz CT molecular complexity index is 1210. The van der Waals surface area contributed by atoms with Crippen LogP contribution in [0.4, 0.5) is 5.95 Å². The Hall–Kier alpha value is -3.56. The van der Waals surface area contributed by atoms with E-state index in [1.54, 1.807) is 6.33 Å². The van der Waals surface area contributed by atoms with Gasteiger partial charge < -0.3 is 19.7 Å². The van der Waals surface area contributed by atoms with E-state index in [1.165, 1.54) is 6.42 Å². The van der Waals surface area contributed by atoms with Crippen LogP contribution >= 0.6 is 0 Å². The van der Waals surface area contributed by atoms with Crippen LogP contribution in [-0.2, 0) is 11.3 Å². The molecular formula is C25H30N6O4. The molecule has 2 saturated carbocycles. The van der Waals surface area contributed by atoms with Gasteiger partial charge in [-0.2, -0.15) is 4.98 Å². The number of hydrogen-bond acceptors (Lipinski definition) is 9. The van der Waals surface area contributed by atoms with Crippen LogP contribution in [-0.4, -0.2) is 42.3 Å². The molecule has 5 rings (SSSR count).